The summed E-state index contributed by atoms with van der Waals surface area (Å²) in [5.41, 5.74) is 5.80. The Balaban J connectivity index is 1.84. The molecule has 0 atom stereocenters. The first-order valence-electron chi connectivity index (χ1n) is 6.41. The Kier molecular flexibility index (Phi) is 2.96. The molecule has 0 saturated carbocycles. The van der Waals surface area contributed by atoms with Crippen LogP contribution in [0.4, 0.5) is 0 Å². The minimum Gasteiger partial charge on any atom is -0.0622 e. The fourth-order valence-electron chi connectivity index (χ4n) is 2.55. The fraction of sp³-hybridized carbons (Fsp3) is 0.235. The van der Waals surface area contributed by atoms with E-state index in [1.165, 1.54) is 41.5 Å². The quantitative estimate of drug-likeness (QED) is 0.714. The highest BCUT2D eigenvalue weighted by molar-refractivity contribution is 5.40. The van der Waals surface area contributed by atoms with Crippen molar-refractivity contribution in [3.8, 4) is 0 Å². The summed E-state index contributed by atoms with van der Waals surface area (Å²) >= 11 is 0. The second-order valence-electron chi connectivity index (χ2n) is 4.79. The number of hydrogen-bond donors (Lipinski definition) is 0. The highest BCUT2D eigenvalue weighted by Crippen LogP contribution is 2.24. The monoisotopic (exact) mass is 221 g/mol. The summed E-state index contributed by atoms with van der Waals surface area (Å²) in [5.74, 6) is 0. The second-order valence-corrected chi connectivity index (χ2v) is 4.79. The third-order valence-electron chi connectivity index (χ3n) is 3.48. The number of aryl methyl sites for hydroxylation is 1. The maximum atomic E-state index is 2.38. The largest absolute Gasteiger partial charge is 0.0622 e. The molecule has 17 heavy (non-hydrogen) atoms. The van der Waals surface area contributed by atoms with Gasteiger partial charge in [0.25, 0.3) is 0 Å². The summed E-state index contributed by atoms with van der Waals surface area (Å²) in [6.45, 7) is 0. The SMILES string of the molecule is [CH]1CCCc2ccc(Cc3ccccc3)cc21. The van der Waals surface area contributed by atoms with Crippen molar-refractivity contribution in [2.24, 2.45) is 0 Å². The van der Waals surface area contributed by atoms with Crippen molar-refractivity contribution >= 4 is 0 Å². The van der Waals surface area contributed by atoms with Gasteiger partial charge in [-0.3, -0.25) is 0 Å². The van der Waals surface area contributed by atoms with E-state index in [9.17, 15) is 0 Å². The lowest BCUT2D eigenvalue weighted by molar-refractivity contribution is 0.774. The summed E-state index contributed by atoms with van der Waals surface area (Å²) in [6, 6.07) is 17.6. The summed E-state index contributed by atoms with van der Waals surface area (Å²) in [5, 5.41) is 0. The molecule has 1 aliphatic rings. The van der Waals surface area contributed by atoms with Crippen LogP contribution in [-0.2, 0) is 12.8 Å². The van der Waals surface area contributed by atoms with Gasteiger partial charge in [0.1, 0.15) is 0 Å². The lowest BCUT2D eigenvalue weighted by Crippen LogP contribution is -2.01. The van der Waals surface area contributed by atoms with Gasteiger partial charge in [-0.25, -0.2) is 0 Å². The van der Waals surface area contributed by atoms with Gasteiger partial charge in [0.2, 0.25) is 0 Å². The highest BCUT2D eigenvalue weighted by Gasteiger charge is 2.09. The minimum atomic E-state index is 1.04. The molecule has 0 N–H and O–H groups in total. The van der Waals surface area contributed by atoms with Crippen molar-refractivity contribution in [2.45, 2.75) is 25.7 Å². The van der Waals surface area contributed by atoms with E-state index in [0.29, 0.717) is 0 Å². The smallest absolute Gasteiger partial charge is 0.00257 e. The Morgan fingerprint density at radius 1 is 0.882 bits per heavy atom. The minimum absolute atomic E-state index is 1.04. The molecule has 0 amide bonds. The van der Waals surface area contributed by atoms with Gasteiger partial charge in [-0.1, -0.05) is 48.5 Å². The lowest BCUT2D eigenvalue weighted by atomic mass is 9.89. The molecule has 2 aromatic carbocycles. The second kappa shape index (κ2) is 4.75. The van der Waals surface area contributed by atoms with Crippen LogP contribution in [0, 0.1) is 6.42 Å². The van der Waals surface area contributed by atoms with Crippen LogP contribution in [0.3, 0.4) is 0 Å². The van der Waals surface area contributed by atoms with E-state index >= 15 is 0 Å². The molecule has 0 saturated heterocycles. The van der Waals surface area contributed by atoms with Gasteiger partial charge in [0.15, 0.2) is 0 Å². The third-order valence-corrected chi connectivity index (χ3v) is 3.48. The number of rotatable bonds is 2. The van der Waals surface area contributed by atoms with Crippen molar-refractivity contribution in [2.75, 3.05) is 0 Å². The van der Waals surface area contributed by atoms with E-state index in [0.717, 1.165) is 6.42 Å². The molecule has 0 nitrogen and oxygen atoms in total. The number of benzene rings is 2. The van der Waals surface area contributed by atoms with Crippen molar-refractivity contribution in [1.29, 1.82) is 0 Å². The maximum Gasteiger partial charge on any atom is -0.00257 e. The lowest BCUT2D eigenvalue weighted by Gasteiger charge is -2.16. The van der Waals surface area contributed by atoms with Crippen LogP contribution < -0.4 is 0 Å². The van der Waals surface area contributed by atoms with Gasteiger partial charge in [-0.05, 0) is 54.4 Å². The molecule has 1 radical (unpaired) electrons. The van der Waals surface area contributed by atoms with Crippen molar-refractivity contribution in [3.05, 3.63) is 77.2 Å². The fourth-order valence-corrected chi connectivity index (χ4v) is 2.55. The molecule has 0 spiro atoms. The zero-order valence-corrected chi connectivity index (χ0v) is 10.0. The number of hydrogen-bond acceptors (Lipinski definition) is 0. The zero-order valence-electron chi connectivity index (χ0n) is 10.0. The van der Waals surface area contributed by atoms with Crippen molar-refractivity contribution in [1.82, 2.24) is 0 Å². The molecule has 0 unspecified atom stereocenters. The summed E-state index contributed by atoms with van der Waals surface area (Å²) in [4.78, 5) is 0. The van der Waals surface area contributed by atoms with Crippen LogP contribution in [0.25, 0.3) is 0 Å². The van der Waals surface area contributed by atoms with Crippen LogP contribution >= 0.6 is 0 Å². The molecular formula is C17H17. The highest BCUT2D eigenvalue weighted by atomic mass is 14.1. The van der Waals surface area contributed by atoms with Gasteiger partial charge < -0.3 is 0 Å². The van der Waals surface area contributed by atoms with Crippen LogP contribution in [0.5, 0.6) is 0 Å². The van der Waals surface area contributed by atoms with E-state index in [-0.39, 0.29) is 0 Å². The van der Waals surface area contributed by atoms with Crippen molar-refractivity contribution < 1.29 is 0 Å². The average molecular weight is 221 g/mol. The van der Waals surface area contributed by atoms with Crippen LogP contribution in [0.15, 0.2) is 48.5 Å². The first-order chi connectivity index (χ1) is 8.42. The van der Waals surface area contributed by atoms with Gasteiger partial charge in [0.05, 0.1) is 0 Å². The predicted octanol–water partition coefficient (Wildman–Crippen LogP) is 4.17. The predicted molar refractivity (Wildman–Crippen MR) is 72.0 cm³/mol. The Labute approximate surface area is 103 Å². The molecule has 0 aromatic heterocycles. The first-order valence-corrected chi connectivity index (χ1v) is 6.41. The number of fused-ring (bicyclic) bond motifs is 1. The van der Waals surface area contributed by atoms with Crippen LogP contribution in [0.2, 0.25) is 0 Å². The third kappa shape index (κ3) is 2.41. The summed E-state index contributed by atoms with van der Waals surface area (Å²) < 4.78 is 0. The van der Waals surface area contributed by atoms with Gasteiger partial charge in [-0.2, -0.15) is 0 Å². The first kappa shape index (κ1) is 10.6. The van der Waals surface area contributed by atoms with Gasteiger partial charge in [-0.15, -0.1) is 0 Å². The molecule has 0 heteroatoms. The van der Waals surface area contributed by atoms with Crippen LogP contribution in [-0.4, -0.2) is 0 Å². The van der Waals surface area contributed by atoms with E-state index in [1.54, 1.807) is 0 Å². The van der Waals surface area contributed by atoms with Gasteiger partial charge in [0, 0.05) is 0 Å². The Morgan fingerprint density at radius 2 is 1.76 bits per heavy atom. The molecule has 2 aromatic rings. The normalized spacial score (nSPS) is 14.4. The molecule has 85 valence electrons. The van der Waals surface area contributed by atoms with Crippen molar-refractivity contribution in [3.63, 3.8) is 0 Å². The van der Waals surface area contributed by atoms with E-state index in [2.05, 4.69) is 55.0 Å². The maximum absolute atomic E-state index is 2.38. The summed E-state index contributed by atoms with van der Waals surface area (Å²) in [6.07, 6.45) is 7.22. The molecule has 0 bridgehead atoms. The molecule has 0 heterocycles. The molecule has 0 fully saturated rings. The molecule has 0 aliphatic heterocycles. The van der Waals surface area contributed by atoms with E-state index in [4.69, 9.17) is 0 Å². The Hall–Kier alpha value is -1.56. The zero-order chi connectivity index (χ0) is 11.5. The van der Waals surface area contributed by atoms with Gasteiger partial charge >= 0.3 is 0 Å². The Morgan fingerprint density at radius 3 is 2.65 bits per heavy atom. The van der Waals surface area contributed by atoms with Crippen LogP contribution in [0.1, 0.15) is 35.1 Å². The Bertz CT molecular complexity index is 497. The van der Waals surface area contributed by atoms with E-state index < -0.39 is 0 Å². The molecular weight excluding hydrogens is 204 g/mol. The average Bonchev–Trinajstić information content (AvgIpc) is 2.40. The standard InChI is InChI=1S/C17H17/c1-2-6-14(7-3-1)12-15-10-11-16-8-4-5-9-17(16)13-15/h1-3,6-7,9-11,13H,4-5,8,12H2. The molecule has 3 rings (SSSR count). The summed E-state index contributed by atoms with van der Waals surface area (Å²) in [7, 11) is 0. The topological polar surface area (TPSA) is 0 Å². The molecule has 1 aliphatic carbocycles. The van der Waals surface area contributed by atoms with E-state index in [1.807, 2.05) is 0 Å².